The van der Waals surface area contributed by atoms with E-state index in [1.165, 1.54) is 5.39 Å². The van der Waals surface area contributed by atoms with Crippen molar-refractivity contribution in [1.29, 1.82) is 0 Å². The Labute approximate surface area is 202 Å². The van der Waals surface area contributed by atoms with Crippen molar-refractivity contribution in [1.82, 2.24) is 9.55 Å². The number of rotatable bonds is 3. The minimum Gasteiger partial charge on any atom is -1.00 e. The second-order valence-electron chi connectivity index (χ2n) is 7.78. The van der Waals surface area contributed by atoms with Gasteiger partial charge in [0.1, 0.15) is 7.05 Å². The van der Waals surface area contributed by atoms with Crippen molar-refractivity contribution < 1.29 is 33.5 Å². The molecule has 6 nitrogen and oxygen atoms in total. The molecule has 0 N–H and O–H groups in total. The van der Waals surface area contributed by atoms with E-state index in [1.807, 2.05) is 51.5 Å². The van der Waals surface area contributed by atoms with Gasteiger partial charge in [0.05, 0.1) is 27.2 Å². The van der Waals surface area contributed by atoms with Crippen LogP contribution in [0.15, 0.2) is 60.8 Å². The first-order chi connectivity index (χ1) is 14.9. The summed E-state index contributed by atoms with van der Waals surface area (Å²) < 4.78 is 4.15. The fourth-order valence-corrected chi connectivity index (χ4v) is 4.38. The highest BCUT2D eigenvalue weighted by Gasteiger charge is 2.16. The van der Waals surface area contributed by atoms with E-state index < -0.39 is 0 Å². The number of non-ortho nitro benzene ring substituents is 1. The Morgan fingerprint density at radius 1 is 1.03 bits per heavy atom. The molecule has 3 heterocycles. The van der Waals surface area contributed by atoms with Crippen LogP contribution in [0.5, 0.6) is 0 Å². The van der Waals surface area contributed by atoms with Crippen LogP contribution >= 0.6 is 0 Å². The van der Waals surface area contributed by atoms with Crippen molar-refractivity contribution >= 4 is 50.5 Å². The van der Waals surface area contributed by atoms with Gasteiger partial charge in [0.15, 0.2) is 6.20 Å². The first kappa shape index (κ1) is 21.9. The maximum atomic E-state index is 11.3. The molecule has 0 atom stereocenters. The van der Waals surface area contributed by atoms with E-state index in [1.54, 1.807) is 18.2 Å². The number of benzene rings is 2. The minimum absolute atomic E-state index is 0. The lowest BCUT2D eigenvalue weighted by atomic mass is 10.1. The molecule has 5 aromatic rings. The summed E-state index contributed by atoms with van der Waals surface area (Å²) in [5.74, 6) is 0. The Balaban J connectivity index is 0.00000245. The Hall–Kier alpha value is -3.33. The third kappa shape index (κ3) is 3.52. The van der Waals surface area contributed by atoms with Gasteiger partial charge in [-0.05, 0) is 36.8 Å². The number of nitro groups is 1. The number of hydrogen-bond donors (Lipinski definition) is 0. The summed E-state index contributed by atoms with van der Waals surface area (Å²) in [6, 6.07) is 17.4. The normalized spacial score (nSPS) is 11.5. The number of para-hydroxylation sites is 1. The molecule has 0 aliphatic rings. The molecule has 7 heteroatoms. The molecule has 0 unspecified atom stereocenters. The Morgan fingerprint density at radius 2 is 1.81 bits per heavy atom. The standard InChI is InChI=1S/C25H21N4O2.HI/c1-16-25-22(21-15-19(29(30)31)10-11-24(21)28(25)3)14-18(26-16)9-8-17-12-13-27(2)23-7-5-4-6-20(17)23;/h4-15H,1-3H3;1H/q+1;/p-1. The fraction of sp³-hybridized carbons (Fsp3) is 0.120. The van der Waals surface area contributed by atoms with Crippen LogP contribution in [0.25, 0.3) is 44.9 Å². The molecule has 2 aromatic carbocycles. The zero-order valence-corrected chi connectivity index (χ0v) is 20.1. The van der Waals surface area contributed by atoms with Crippen molar-refractivity contribution in [2.45, 2.75) is 6.92 Å². The van der Waals surface area contributed by atoms with Crippen molar-refractivity contribution in [3.8, 4) is 0 Å². The van der Waals surface area contributed by atoms with E-state index in [9.17, 15) is 10.1 Å². The topological polar surface area (TPSA) is 64.8 Å². The van der Waals surface area contributed by atoms with Crippen LogP contribution < -0.4 is 28.5 Å². The molecule has 0 bridgehead atoms. The monoisotopic (exact) mass is 536 g/mol. The molecule has 0 saturated heterocycles. The summed E-state index contributed by atoms with van der Waals surface area (Å²) in [7, 11) is 4.01. The number of hydrogen-bond acceptors (Lipinski definition) is 3. The van der Waals surface area contributed by atoms with Crippen LogP contribution in [0.1, 0.15) is 17.0 Å². The van der Waals surface area contributed by atoms with E-state index in [0.29, 0.717) is 0 Å². The van der Waals surface area contributed by atoms with Gasteiger partial charge < -0.3 is 28.5 Å². The minimum atomic E-state index is -0.354. The first-order valence-electron chi connectivity index (χ1n) is 10.0. The summed E-state index contributed by atoms with van der Waals surface area (Å²) in [6.07, 6.45) is 6.13. The summed E-state index contributed by atoms with van der Waals surface area (Å²) >= 11 is 0. The quantitative estimate of drug-likeness (QED) is 0.154. The van der Waals surface area contributed by atoms with Crippen LogP contribution in [0.2, 0.25) is 0 Å². The van der Waals surface area contributed by atoms with Crippen molar-refractivity contribution in [3.05, 3.63) is 87.9 Å². The number of halogens is 1. The largest absolute Gasteiger partial charge is 1.00 e. The van der Waals surface area contributed by atoms with E-state index in [-0.39, 0.29) is 34.6 Å². The van der Waals surface area contributed by atoms with Crippen LogP contribution in [0.3, 0.4) is 0 Å². The number of nitrogens with zero attached hydrogens (tertiary/aromatic N) is 4. The first-order valence-corrected chi connectivity index (χ1v) is 10.0. The molecule has 3 aromatic heterocycles. The molecule has 0 aliphatic heterocycles. The highest BCUT2D eigenvalue weighted by Crippen LogP contribution is 2.33. The van der Waals surface area contributed by atoms with Gasteiger partial charge in [-0.2, -0.15) is 0 Å². The zero-order chi connectivity index (χ0) is 21.7. The second-order valence-corrected chi connectivity index (χ2v) is 7.78. The van der Waals surface area contributed by atoms with Crippen molar-refractivity contribution in [3.63, 3.8) is 0 Å². The highest BCUT2D eigenvalue weighted by molar-refractivity contribution is 6.10. The van der Waals surface area contributed by atoms with E-state index >= 15 is 0 Å². The van der Waals surface area contributed by atoms with Gasteiger partial charge in [-0.3, -0.25) is 15.1 Å². The fourth-order valence-electron chi connectivity index (χ4n) is 4.38. The third-order valence-corrected chi connectivity index (χ3v) is 5.87. The van der Waals surface area contributed by atoms with Gasteiger partial charge in [0.2, 0.25) is 5.52 Å². The van der Waals surface area contributed by atoms with Crippen LogP contribution in [0.4, 0.5) is 5.69 Å². The molecule has 0 saturated carbocycles. The number of pyridine rings is 2. The molecule has 0 fully saturated rings. The SMILES string of the molecule is Cc1nc(/C=C/c2cc[n+](C)c3ccccc23)cc2c3cc([N+](=O)[O-])ccc3n(C)c12.[I-]. The molecule has 0 aliphatic carbocycles. The molecular formula is C25H21IN4O2. The predicted octanol–water partition coefficient (Wildman–Crippen LogP) is 2.10. The average Bonchev–Trinajstić information content (AvgIpc) is 3.05. The van der Waals surface area contributed by atoms with E-state index in [2.05, 4.69) is 33.4 Å². The number of aryl methyl sites for hydroxylation is 3. The summed E-state index contributed by atoms with van der Waals surface area (Å²) in [5, 5.41) is 14.3. The van der Waals surface area contributed by atoms with Gasteiger partial charge in [-0.15, -0.1) is 0 Å². The maximum absolute atomic E-state index is 11.3. The second kappa shape index (κ2) is 8.31. The van der Waals surface area contributed by atoms with Gasteiger partial charge in [-0.1, -0.05) is 18.2 Å². The maximum Gasteiger partial charge on any atom is 0.270 e. The lowest BCUT2D eigenvalue weighted by molar-refractivity contribution is -0.644. The van der Waals surface area contributed by atoms with Crippen LogP contribution in [0, 0.1) is 17.0 Å². The zero-order valence-electron chi connectivity index (χ0n) is 17.9. The lowest BCUT2D eigenvalue weighted by Gasteiger charge is -2.04. The molecule has 5 rings (SSSR count). The predicted molar refractivity (Wildman–Crippen MR) is 124 cm³/mol. The Kier molecular flexibility index (Phi) is 5.68. The average molecular weight is 536 g/mol. The van der Waals surface area contributed by atoms with Crippen LogP contribution in [-0.2, 0) is 14.1 Å². The molecule has 0 spiro atoms. The van der Waals surface area contributed by atoms with E-state index in [4.69, 9.17) is 4.98 Å². The third-order valence-electron chi connectivity index (χ3n) is 5.87. The molecule has 32 heavy (non-hydrogen) atoms. The van der Waals surface area contributed by atoms with Crippen molar-refractivity contribution in [2.75, 3.05) is 0 Å². The summed E-state index contributed by atoms with van der Waals surface area (Å²) in [6.45, 7) is 1.98. The van der Waals surface area contributed by atoms with Gasteiger partial charge >= 0.3 is 0 Å². The van der Waals surface area contributed by atoms with Crippen LogP contribution in [-0.4, -0.2) is 14.5 Å². The van der Waals surface area contributed by atoms with Crippen molar-refractivity contribution in [2.24, 2.45) is 14.1 Å². The number of nitro benzene ring substituents is 1. The van der Waals surface area contributed by atoms with Gasteiger partial charge in [0, 0.05) is 47.6 Å². The van der Waals surface area contributed by atoms with Gasteiger partial charge in [-0.25, -0.2) is 4.57 Å². The number of fused-ring (bicyclic) bond motifs is 4. The molecule has 160 valence electrons. The Morgan fingerprint density at radius 3 is 2.59 bits per heavy atom. The summed E-state index contributed by atoms with van der Waals surface area (Å²) in [5.41, 5.74) is 6.02. The number of aromatic nitrogens is 3. The lowest BCUT2D eigenvalue weighted by Crippen LogP contribution is -3.00. The molecular weight excluding hydrogens is 515 g/mol. The molecule has 0 amide bonds. The Bertz CT molecular complexity index is 1550. The van der Waals surface area contributed by atoms with E-state index in [0.717, 1.165) is 44.3 Å². The smallest absolute Gasteiger partial charge is 0.270 e. The highest BCUT2D eigenvalue weighted by atomic mass is 127. The summed E-state index contributed by atoms with van der Waals surface area (Å²) in [4.78, 5) is 15.7. The van der Waals surface area contributed by atoms with Gasteiger partial charge in [0.25, 0.3) is 5.69 Å². The molecule has 0 radical (unpaired) electrons.